The second-order valence-corrected chi connectivity index (χ2v) is 8.25. The van der Waals surface area contributed by atoms with E-state index in [0.717, 1.165) is 0 Å². The molecule has 0 unspecified atom stereocenters. The van der Waals surface area contributed by atoms with Crippen molar-refractivity contribution in [3.63, 3.8) is 0 Å². The highest BCUT2D eigenvalue weighted by Gasteiger charge is 2.28. The van der Waals surface area contributed by atoms with Crippen LogP contribution in [0.15, 0.2) is 18.2 Å². The molecule has 1 aliphatic heterocycles. The van der Waals surface area contributed by atoms with Crippen molar-refractivity contribution < 1.29 is 22.3 Å². The van der Waals surface area contributed by atoms with Crippen LogP contribution in [0.4, 0.5) is 10.1 Å². The number of ether oxygens (including phenoxy) is 1. The molecule has 0 aliphatic carbocycles. The molecule has 1 atom stereocenters. The number of amides is 1. The van der Waals surface area contributed by atoms with Crippen LogP contribution in [0.25, 0.3) is 0 Å². The van der Waals surface area contributed by atoms with Crippen molar-refractivity contribution in [3.8, 4) is 5.75 Å². The fourth-order valence-corrected chi connectivity index (χ4v) is 5.48. The van der Waals surface area contributed by atoms with Crippen LogP contribution in [0, 0.1) is 5.82 Å². The highest BCUT2D eigenvalue weighted by atomic mass is 32.2. The van der Waals surface area contributed by atoms with Gasteiger partial charge in [-0.1, -0.05) is 0 Å². The van der Waals surface area contributed by atoms with Gasteiger partial charge in [-0.3, -0.25) is 4.79 Å². The number of benzene rings is 1. The Morgan fingerprint density at radius 2 is 2.29 bits per heavy atom. The van der Waals surface area contributed by atoms with E-state index in [9.17, 15) is 17.6 Å². The van der Waals surface area contributed by atoms with Gasteiger partial charge in [0.05, 0.1) is 30.1 Å². The van der Waals surface area contributed by atoms with Gasteiger partial charge in [0, 0.05) is 11.3 Å². The maximum absolute atomic E-state index is 13.0. The van der Waals surface area contributed by atoms with Gasteiger partial charge in [-0.05, 0) is 18.6 Å². The van der Waals surface area contributed by atoms with Crippen LogP contribution in [0.1, 0.15) is 6.42 Å². The van der Waals surface area contributed by atoms with Crippen molar-refractivity contribution in [2.45, 2.75) is 11.7 Å². The Bertz CT molecular complexity index is 633. The molecule has 1 saturated heterocycles. The third kappa shape index (κ3) is 4.60. The zero-order valence-electron chi connectivity index (χ0n) is 11.5. The lowest BCUT2D eigenvalue weighted by Crippen LogP contribution is -2.17. The number of thioether (sulfide) groups is 1. The lowest BCUT2D eigenvalue weighted by molar-refractivity contribution is -0.113. The predicted octanol–water partition coefficient (Wildman–Crippen LogP) is 1.69. The summed E-state index contributed by atoms with van der Waals surface area (Å²) in [6, 6.07) is 3.85. The van der Waals surface area contributed by atoms with E-state index in [0.29, 0.717) is 12.1 Å². The first-order chi connectivity index (χ1) is 9.89. The van der Waals surface area contributed by atoms with Crippen LogP contribution in [0.5, 0.6) is 5.75 Å². The van der Waals surface area contributed by atoms with Gasteiger partial charge in [0.25, 0.3) is 0 Å². The average Bonchev–Trinajstić information content (AvgIpc) is 2.78. The predicted molar refractivity (Wildman–Crippen MR) is 81.1 cm³/mol. The van der Waals surface area contributed by atoms with E-state index in [2.05, 4.69) is 5.32 Å². The first-order valence-electron chi connectivity index (χ1n) is 6.35. The molecule has 1 amide bonds. The Hall–Kier alpha value is -1.28. The van der Waals surface area contributed by atoms with Gasteiger partial charge in [0.1, 0.15) is 11.6 Å². The standard InChI is InChI=1S/C13H16FNO4S2/c1-19-12-6-9(14)2-3-11(12)15-13(16)7-20-10-4-5-21(17,18)8-10/h2-3,6,10H,4-5,7-8H2,1H3,(H,15,16)/t10-/m1/s1. The molecule has 1 aliphatic rings. The van der Waals surface area contributed by atoms with Gasteiger partial charge >= 0.3 is 0 Å². The quantitative estimate of drug-likeness (QED) is 0.888. The summed E-state index contributed by atoms with van der Waals surface area (Å²) in [5.74, 6) is 0.00486. The maximum Gasteiger partial charge on any atom is 0.234 e. The van der Waals surface area contributed by atoms with Gasteiger partial charge in [-0.15, -0.1) is 11.8 Å². The van der Waals surface area contributed by atoms with Crippen molar-refractivity contribution >= 4 is 33.2 Å². The number of rotatable bonds is 5. The van der Waals surface area contributed by atoms with E-state index in [-0.39, 0.29) is 34.2 Å². The number of anilines is 1. The van der Waals surface area contributed by atoms with Gasteiger partial charge in [0.15, 0.2) is 9.84 Å². The Balaban J connectivity index is 1.88. The average molecular weight is 333 g/mol. The Morgan fingerprint density at radius 3 is 2.90 bits per heavy atom. The van der Waals surface area contributed by atoms with Crippen LogP contribution >= 0.6 is 11.8 Å². The SMILES string of the molecule is COc1cc(F)ccc1NC(=O)CS[C@@H]1CCS(=O)(=O)C1. The molecule has 116 valence electrons. The molecule has 8 heteroatoms. The molecule has 0 saturated carbocycles. The van der Waals surface area contributed by atoms with Gasteiger partial charge in [-0.25, -0.2) is 12.8 Å². The van der Waals surface area contributed by atoms with Gasteiger partial charge in [0.2, 0.25) is 5.91 Å². The van der Waals surface area contributed by atoms with E-state index in [1.165, 1.54) is 37.1 Å². The van der Waals surface area contributed by atoms with Crippen molar-refractivity contribution in [3.05, 3.63) is 24.0 Å². The fourth-order valence-electron chi connectivity index (χ4n) is 2.04. The largest absolute Gasteiger partial charge is 0.494 e. The molecule has 2 rings (SSSR count). The first-order valence-corrected chi connectivity index (χ1v) is 9.22. The van der Waals surface area contributed by atoms with Crippen molar-refractivity contribution in [2.75, 3.05) is 29.7 Å². The molecule has 1 N–H and O–H groups in total. The molecule has 21 heavy (non-hydrogen) atoms. The normalized spacial score (nSPS) is 20.2. The van der Waals surface area contributed by atoms with E-state index in [4.69, 9.17) is 4.74 Å². The summed E-state index contributed by atoms with van der Waals surface area (Å²) >= 11 is 1.32. The van der Waals surface area contributed by atoms with E-state index in [1.54, 1.807) is 0 Å². The topological polar surface area (TPSA) is 72.5 Å². The molecule has 1 aromatic rings. The van der Waals surface area contributed by atoms with Gasteiger partial charge in [-0.2, -0.15) is 0 Å². The number of nitrogens with one attached hydrogen (secondary N) is 1. The molecular formula is C13H16FNO4S2. The van der Waals surface area contributed by atoms with Crippen molar-refractivity contribution in [2.24, 2.45) is 0 Å². The van der Waals surface area contributed by atoms with Crippen LogP contribution < -0.4 is 10.1 Å². The molecule has 0 bridgehead atoms. The zero-order valence-corrected chi connectivity index (χ0v) is 13.1. The first kappa shape index (κ1) is 16.1. The minimum Gasteiger partial charge on any atom is -0.494 e. The second kappa shape index (κ2) is 6.65. The lowest BCUT2D eigenvalue weighted by atomic mass is 10.3. The molecule has 0 spiro atoms. The summed E-state index contributed by atoms with van der Waals surface area (Å²) in [4.78, 5) is 11.9. The molecular weight excluding hydrogens is 317 g/mol. The molecule has 1 fully saturated rings. The van der Waals surface area contributed by atoms with Crippen molar-refractivity contribution in [1.82, 2.24) is 0 Å². The third-order valence-electron chi connectivity index (χ3n) is 3.08. The molecule has 0 radical (unpaired) electrons. The van der Waals surface area contributed by atoms with Crippen LogP contribution in [-0.4, -0.2) is 43.9 Å². The maximum atomic E-state index is 13.0. The summed E-state index contributed by atoms with van der Waals surface area (Å²) in [6.07, 6.45) is 0.583. The van der Waals surface area contributed by atoms with Crippen molar-refractivity contribution in [1.29, 1.82) is 0 Å². The third-order valence-corrected chi connectivity index (χ3v) is 6.36. The highest BCUT2D eigenvalue weighted by Crippen LogP contribution is 2.27. The smallest absolute Gasteiger partial charge is 0.234 e. The number of hydrogen-bond acceptors (Lipinski definition) is 5. The number of sulfone groups is 1. The number of hydrogen-bond donors (Lipinski definition) is 1. The van der Waals surface area contributed by atoms with Crippen LogP contribution in [0.3, 0.4) is 0 Å². The molecule has 5 nitrogen and oxygen atoms in total. The summed E-state index contributed by atoms with van der Waals surface area (Å²) in [5, 5.41) is 2.60. The van der Waals surface area contributed by atoms with E-state index in [1.807, 2.05) is 0 Å². The minimum atomic E-state index is -2.93. The van der Waals surface area contributed by atoms with E-state index >= 15 is 0 Å². The van der Waals surface area contributed by atoms with E-state index < -0.39 is 15.7 Å². The lowest BCUT2D eigenvalue weighted by Gasteiger charge is -2.11. The number of halogens is 1. The Labute approximate surface area is 127 Å². The Kier molecular flexibility index (Phi) is 5.10. The van der Waals surface area contributed by atoms with Crippen LogP contribution in [-0.2, 0) is 14.6 Å². The fraction of sp³-hybridized carbons (Fsp3) is 0.462. The summed E-state index contributed by atoms with van der Waals surface area (Å²) in [5.41, 5.74) is 0.392. The summed E-state index contributed by atoms with van der Waals surface area (Å²) in [7, 11) is -1.54. The highest BCUT2D eigenvalue weighted by molar-refractivity contribution is 8.02. The molecule has 1 heterocycles. The monoisotopic (exact) mass is 333 g/mol. The summed E-state index contributed by atoms with van der Waals surface area (Å²) in [6.45, 7) is 0. The molecule has 1 aromatic carbocycles. The number of carbonyl (C=O) groups excluding carboxylic acids is 1. The summed E-state index contributed by atoms with van der Waals surface area (Å²) < 4.78 is 40.7. The molecule has 0 aromatic heterocycles. The second-order valence-electron chi connectivity index (χ2n) is 4.73. The van der Waals surface area contributed by atoms with Crippen LogP contribution in [0.2, 0.25) is 0 Å². The Morgan fingerprint density at radius 1 is 1.52 bits per heavy atom. The number of carbonyl (C=O) groups is 1. The zero-order chi connectivity index (χ0) is 15.5. The number of methoxy groups -OCH3 is 1. The van der Waals surface area contributed by atoms with Gasteiger partial charge < -0.3 is 10.1 Å². The minimum absolute atomic E-state index is 0.0316.